The van der Waals surface area contributed by atoms with Crippen molar-refractivity contribution in [2.24, 2.45) is 0 Å². The Morgan fingerprint density at radius 3 is 2.77 bits per heavy atom. The van der Waals surface area contributed by atoms with Crippen molar-refractivity contribution >= 4 is 34.2 Å². The Bertz CT molecular complexity index is 989. The Kier molecular flexibility index (Phi) is 4.24. The fourth-order valence-corrected chi connectivity index (χ4v) is 3.74. The molecule has 3 N–H and O–H groups in total. The van der Waals surface area contributed by atoms with Gasteiger partial charge in [0.1, 0.15) is 11.7 Å². The number of nitrogens with zero attached hydrogens (tertiary/aromatic N) is 2. The number of piperidine rings is 1. The second kappa shape index (κ2) is 6.57. The van der Waals surface area contributed by atoms with Crippen LogP contribution in [0, 0.1) is 17.7 Å². The number of hydrogen-bond acceptors (Lipinski definition) is 3. The summed E-state index contributed by atoms with van der Waals surface area (Å²) in [5.41, 5.74) is 3.76. The van der Waals surface area contributed by atoms with E-state index in [9.17, 15) is 0 Å². The molecular formula is C20H20ClN5. The summed E-state index contributed by atoms with van der Waals surface area (Å²) < 4.78 is 0. The topological polar surface area (TPSA) is 79.6 Å². The van der Waals surface area contributed by atoms with Crippen LogP contribution in [0.25, 0.3) is 10.9 Å². The third kappa shape index (κ3) is 2.88. The number of aromatic nitrogens is 2. The summed E-state index contributed by atoms with van der Waals surface area (Å²) in [5.74, 6) is 0.849. The molecule has 6 heteroatoms. The minimum absolute atomic E-state index is 0.0119. The van der Waals surface area contributed by atoms with Crippen molar-refractivity contribution in [1.82, 2.24) is 15.1 Å². The normalized spacial score (nSPS) is 17.7. The lowest BCUT2D eigenvalue weighted by molar-refractivity contribution is 0.370. The lowest BCUT2D eigenvalue weighted by atomic mass is 9.93. The molecule has 3 aromatic rings. The van der Waals surface area contributed by atoms with Gasteiger partial charge in [-0.05, 0) is 55.7 Å². The highest BCUT2D eigenvalue weighted by Crippen LogP contribution is 2.34. The smallest absolute Gasteiger partial charge is 0.134 e. The second-order valence-corrected chi connectivity index (χ2v) is 7.14. The number of aromatic amines is 1. The van der Waals surface area contributed by atoms with E-state index in [0.29, 0.717) is 23.1 Å². The number of rotatable bonds is 2. The van der Waals surface area contributed by atoms with Crippen LogP contribution in [0.3, 0.4) is 0 Å². The van der Waals surface area contributed by atoms with Crippen LogP contribution in [0.4, 0.5) is 0 Å². The van der Waals surface area contributed by atoms with E-state index in [-0.39, 0.29) is 6.04 Å². The number of aryl methyl sites for hydroxylation is 1. The molecule has 1 aliphatic rings. The third-order valence-electron chi connectivity index (χ3n) is 5.01. The largest absolute Gasteiger partial charge is 0.307 e. The molecule has 0 saturated carbocycles. The Balaban J connectivity index is 1.73. The lowest BCUT2D eigenvalue weighted by Crippen LogP contribution is -2.42. The monoisotopic (exact) mass is 365 g/mol. The second-order valence-electron chi connectivity index (χ2n) is 6.71. The highest BCUT2D eigenvalue weighted by molar-refractivity contribution is 6.30. The number of likely N-dealkylation sites (tertiary alicyclic amines) is 1. The Labute approximate surface area is 157 Å². The number of benzene rings is 2. The van der Waals surface area contributed by atoms with Crippen molar-refractivity contribution in [1.29, 1.82) is 10.8 Å². The summed E-state index contributed by atoms with van der Waals surface area (Å²) in [6.07, 6.45) is 2.56. The van der Waals surface area contributed by atoms with Gasteiger partial charge in [0, 0.05) is 28.1 Å². The average Bonchev–Trinajstić information content (AvgIpc) is 3.02. The molecule has 0 bridgehead atoms. The van der Waals surface area contributed by atoms with Crippen LogP contribution in [0.2, 0.25) is 5.02 Å². The first-order chi connectivity index (χ1) is 12.5. The molecule has 2 aromatic carbocycles. The first kappa shape index (κ1) is 16.8. The molecule has 26 heavy (non-hydrogen) atoms. The van der Waals surface area contributed by atoms with Crippen molar-refractivity contribution < 1.29 is 0 Å². The zero-order valence-electron chi connectivity index (χ0n) is 14.5. The molecule has 0 radical (unpaired) electrons. The zero-order chi connectivity index (χ0) is 18.3. The molecule has 1 aliphatic heterocycles. The minimum atomic E-state index is -0.0119. The van der Waals surface area contributed by atoms with Crippen LogP contribution < -0.4 is 0 Å². The van der Waals surface area contributed by atoms with Gasteiger partial charge in [0.2, 0.25) is 0 Å². The summed E-state index contributed by atoms with van der Waals surface area (Å²) in [4.78, 5) is 1.85. The maximum absolute atomic E-state index is 8.80. The molecular weight excluding hydrogens is 346 g/mol. The van der Waals surface area contributed by atoms with E-state index in [1.54, 1.807) is 0 Å². The first-order valence-corrected chi connectivity index (χ1v) is 9.08. The van der Waals surface area contributed by atoms with Gasteiger partial charge < -0.3 is 4.90 Å². The number of fused-ring (bicyclic) bond motifs is 1. The summed E-state index contributed by atoms with van der Waals surface area (Å²) >= 11 is 6.03. The number of amidine groups is 2. The Morgan fingerprint density at radius 2 is 2.00 bits per heavy atom. The van der Waals surface area contributed by atoms with Crippen molar-refractivity contribution in [3.8, 4) is 0 Å². The van der Waals surface area contributed by atoms with Crippen LogP contribution in [-0.2, 0) is 0 Å². The third-order valence-corrected chi connectivity index (χ3v) is 5.26. The molecule has 1 fully saturated rings. The van der Waals surface area contributed by atoms with Crippen molar-refractivity contribution in [3.05, 3.63) is 64.3 Å². The van der Waals surface area contributed by atoms with Crippen LogP contribution in [0.5, 0.6) is 0 Å². The van der Waals surface area contributed by atoms with Crippen LogP contribution in [0.1, 0.15) is 42.1 Å². The van der Waals surface area contributed by atoms with Gasteiger partial charge in [0.15, 0.2) is 0 Å². The number of nitrogens with one attached hydrogen (secondary N) is 3. The van der Waals surface area contributed by atoms with Gasteiger partial charge in [-0.15, -0.1) is 0 Å². The van der Waals surface area contributed by atoms with Gasteiger partial charge in [-0.2, -0.15) is 5.10 Å². The molecule has 0 aliphatic carbocycles. The molecule has 1 saturated heterocycles. The first-order valence-electron chi connectivity index (χ1n) is 8.70. The van der Waals surface area contributed by atoms with Gasteiger partial charge in [0.25, 0.3) is 0 Å². The standard InChI is InChI=1S/C20H20ClN5/c1-12-16-11-14(7-10-17(16)25-24-12)20(23)26-18(3-2-4-19(26)22)13-5-8-15(21)9-6-13/h5-11,18,22-23H,2-4H2,1H3,(H,24,25)/t18-/m1/s1. The number of halogens is 1. The van der Waals surface area contributed by atoms with Gasteiger partial charge in [-0.25, -0.2) is 0 Å². The SMILES string of the molecule is Cc1[nH]nc2ccc(C(=N)N3C(=N)CCC[C@@H]3c3ccc(Cl)cc3)cc12. The lowest BCUT2D eigenvalue weighted by Gasteiger charge is -2.38. The van der Waals surface area contributed by atoms with E-state index < -0.39 is 0 Å². The van der Waals surface area contributed by atoms with E-state index in [2.05, 4.69) is 10.2 Å². The van der Waals surface area contributed by atoms with Crippen LogP contribution in [0.15, 0.2) is 42.5 Å². The summed E-state index contributed by atoms with van der Waals surface area (Å²) in [6.45, 7) is 1.97. The molecule has 2 heterocycles. The average molecular weight is 366 g/mol. The van der Waals surface area contributed by atoms with Crippen LogP contribution >= 0.6 is 11.6 Å². The van der Waals surface area contributed by atoms with E-state index in [1.165, 1.54) is 0 Å². The van der Waals surface area contributed by atoms with Crippen molar-refractivity contribution in [3.63, 3.8) is 0 Å². The number of hydrogen-bond donors (Lipinski definition) is 3. The molecule has 4 rings (SSSR count). The minimum Gasteiger partial charge on any atom is -0.307 e. The predicted molar refractivity (Wildman–Crippen MR) is 105 cm³/mol. The van der Waals surface area contributed by atoms with Crippen LogP contribution in [-0.4, -0.2) is 26.8 Å². The zero-order valence-corrected chi connectivity index (χ0v) is 15.3. The van der Waals surface area contributed by atoms with Gasteiger partial charge in [-0.1, -0.05) is 23.7 Å². The summed E-state index contributed by atoms with van der Waals surface area (Å²) in [6, 6.07) is 13.5. The van der Waals surface area contributed by atoms with Crippen molar-refractivity contribution in [2.75, 3.05) is 0 Å². The maximum Gasteiger partial charge on any atom is 0.134 e. The number of H-pyrrole nitrogens is 1. The Hall–Kier alpha value is -2.66. The predicted octanol–water partition coefficient (Wildman–Crippen LogP) is 5.05. The molecule has 0 amide bonds. The highest BCUT2D eigenvalue weighted by Gasteiger charge is 2.30. The van der Waals surface area contributed by atoms with E-state index in [0.717, 1.165) is 40.6 Å². The van der Waals surface area contributed by atoms with E-state index in [1.807, 2.05) is 54.3 Å². The molecule has 0 spiro atoms. The molecule has 0 unspecified atom stereocenters. The van der Waals surface area contributed by atoms with Gasteiger partial charge in [0.05, 0.1) is 11.6 Å². The highest BCUT2D eigenvalue weighted by atomic mass is 35.5. The molecule has 1 aromatic heterocycles. The van der Waals surface area contributed by atoms with Gasteiger partial charge in [-0.3, -0.25) is 15.9 Å². The molecule has 132 valence electrons. The fourth-order valence-electron chi connectivity index (χ4n) is 3.62. The summed E-state index contributed by atoms with van der Waals surface area (Å²) in [7, 11) is 0. The van der Waals surface area contributed by atoms with Gasteiger partial charge >= 0.3 is 0 Å². The molecule has 1 atom stereocenters. The Morgan fingerprint density at radius 1 is 1.23 bits per heavy atom. The summed E-state index contributed by atoms with van der Waals surface area (Å²) in [5, 5.41) is 26.2. The van der Waals surface area contributed by atoms with E-state index in [4.69, 9.17) is 22.4 Å². The molecule has 5 nitrogen and oxygen atoms in total. The fraction of sp³-hybridized carbons (Fsp3) is 0.250. The maximum atomic E-state index is 8.80. The van der Waals surface area contributed by atoms with E-state index >= 15 is 0 Å². The quantitative estimate of drug-likeness (QED) is 0.438. The van der Waals surface area contributed by atoms with Crippen molar-refractivity contribution in [2.45, 2.75) is 32.2 Å².